The van der Waals surface area contributed by atoms with Crippen molar-refractivity contribution in [2.24, 2.45) is 0 Å². The Morgan fingerprint density at radius 3 is 2.87 bits per heavy atom. The first kappa shape index (κ1) is 15.5. The summed E-state index contributed by atoms with van der Waals surface area (Å²) in [5, 5.41) is 16.5. The van der Waals surface area contributed by atoms with E-state index in [9.17, 15) is 9.90 Å². The summed E-state index contributed by atoms with van der Waals surface area (Å²) in [5.74, 6) is 0.711. The van der Waals surface area contributed by atoms with E-state index >= 15 is 0 Å². The zero-order valence-electron chi connectivity index (χ0n) is 13.4. The minimum Gasteiger partial charge on any atom is -0.394 e. The van der Waals surface area contributed by atoms with E-state index in [0.717, 1.165) is 24.2 Å². The van der Waals surface area contributed by atoms with E-state index in [1.54, 1.807) is 21.8 Å². The Labute approximate surface area is 134 Å². The van der Waals surface area contributed by atoms with E-state index in [-0.39, 0.29) is 18.7 Å². The minimum absolute atomic E-state index is 0.00251. The van der Waals surface area contributed by atoms with Gasteiger partial charge >= 0.3 is 6.03 Å². The molecule has 0 spiro atoms. The minimum atomic E-state index is -0.192. The standard InChI is InChI=1S/C16H21N5O2/c1-11-8-12(2)21(19-11)15-6-5-13(9-17-15)18-16(23)20-7-3-4-14(20)10-22/h5-6,8-9,14,22H,3-4,7,10H2,1-2H3,(H,18,23)/t14-/m1/s1. The van der Waals surface area contributed by atoms with Gasteiger partial charge in [-0.2, -0.15) is 5.10 Å². The van der Waals surface area contributed by atoms with Gasteiger partial charge < -0.3 is 15.3 Å². The quantitative estimate of drug-likeness (QED) is 0.906. The lowest BCUT2D eigenvalue weighted by Crippen LogP contribution is -2.40. The molecule has 7 heteroatoms. The number of hydrogen-bond acceptors (Lipinski definition) is 4. The zero-order chi connectivity index (χ0) is 16.4. The number of aryl methyl sites for hydroxylation is 2. The number of aliphatic hydroxyl groups excluding tert-OH is 1. The summed E-state index contributed by atoms with van der Waals surface area (Å²) in [6, 6.07) is 5.34. The Morgan fingerprint density at radius 2 is 2.26 bits per heavy atom. The molecule has 2 N–H and O–H groups in total. The molecule has 2 aromatic heterocycles. The van der Waals surface area contributed by atoms with Crippen molar-refractivity contribution >= 4 is 11.7 Å². The van der Waals surface area contributed by atoms with Crippen LogP contribution in [-0.4, -0.2) is 50.0 Å². The van der Waals surface area contributed by atoms with Crippen LogP contribution in [0.4, 0.5) is 10.5 Å². The molecule has 1 fully saturated rings. The number of aliphatic hydroxyl groups is 1. The van der Waals surface area contributed by atoms with Crippen LogP contribution in [0.2, 0.25) is 0 Å². The first-order valence-electron chi connectivity index (χ1n) is 7.76. The molecule has 7 nitrogen and oxygen atoms in total. The van der Waals surface area contributed by atoms with Crippen molar-refractivity contribution < 1.29 is 9.90 Å². The second-order valence-electron chi connectivity index (χ2n) is 5.85. The lowest BCUT2D eigenvalue weighted by Gasteiger charge is -2.23. The van der Waals surface area contributed by atoms with Gasteiger partial charge in [0, 0.05) is 12.2 Å². The molecule has 0 aliphatic carbocycles. The van der Waals surface area contributed by atoms with Gasteiger partial charge in [0.15, 0.2) is 5.82 Å². The van der Waals surface area contributed by atoms with Crippen molar-refractivity contribution in [3.05, 3.63) is 35.8 Å². The maximum Gasteiger partial charge on any atom is 0.322 e. The summed E-state index contributed by atoms with van der Waals surface area (Å²) in [5.41, 5.74) is 2.57. The van der Waals surface area contributed by atoms with Crippen LogP contribution in [-0.2, 0) is 0 Å². The summed E-state index contributed by atoms with van der Waals surface area (Å²) >= 11 is 0. The van der Waals surface area contributed by atoms with Crippen molar-refractivity contribution in [1.29, 1.82) is 0 Å². The predicted octanol–water partition coefficient (Wildman–Crippen LogP) is 1.87. The van der Waals surface area contributed by atoms with Gasteiger partial charge in [0.25, 0.3) is 0 Å². The monoisotopic (exact) mass is 315 g/mol. The third kappa shape index (κ3) is 3.19. The average Bonchev–Trinajstić information content (AvgIpc) is 3.14. The maximum absolute atomic E-state index is 12.3. The third-order valence-electron chi connectivity index (χ3n) is 4.07. The van der Waals surface area contributed by atoms with Crippen LogP contribution in [0.1, 0.15) is 24.2 Å². The molecule has 0 radical (unpaired) electrons. The molecule has 2 aromatic rings. The van der Waals surface area contributed by atoms with Crippen molar-refractivity contribution in [3.8, 4) is 5.82 Å². The van der Waals surface area contributed by atoms with E-state index in [0.29, 0.717) is 18.1 Å². The topological polar surface area (TPSA) is 83.3 Å². The number of amides is 2. The number of hydrogen-bond donors (Lipinski definition) is 2. The highest BCUT2D eigenvalue weighted by atomic mass is 16.3. The molecule has 23 heavy (non-hydrogen) atoms. The van der Waals surface area contributed by atoms with Gasteiger partial charge in [-0.15, -0.1) is 0 Å². The molecular weight excluding hydrogens is 294 g/mol. The number of carbonyl (C=O) groups is 1. The smallest absolute Gasteiger partial charge is 0.322 e. The van der Waals surface area contributed by atoms with E-state index in [1.807, 2.05) is 26.0 Å². The van der Waals surface area contributed by atoms with Gasteiger partial charge in [-0.05, 0) is 44.9 Å². The lowest BCUT2D eigenvalue weighted by molar-refractivity contribution is 0.166. The molecule has 3 heterocycles. The van der Waals surface area contributed by atoms with E-state index in [2.05, 4.69) is 15.4 Å². The van der Waals surface area contributed by atoms with Crippen LogP contribution < -0.4 is 5.32 Å². The van der Waals surface area contributed by atoms with Gasteiger partial charge in [-0.3, -0.25) is 0 Å². The molecule has 0 unspecified atom stereocenters. The molecule has 0 saturated carbocycles. The predicted molar refractivity (Wildman–Crippen MR) is 86.7 cm³/mol. The fourth-order valence-electron chi connectivity index (χ4n) is 2.93. The highest BCUT2D eigenvalue weighted by Crippen LogP contribution is 2.19. The highest BCUT2D eigenvalue weighted by molar-refractivity contribution is 5.89. The molecular formula is C16H21N5O2. The molecule has 2 amide bonds. The van der Waals surface area contributed by atoms with Crippen molar-refractivity contribution in [2.75, 3.05) is 18.5 Å². The second-order valence-corrected chi connectivity index (χ2v) is 5.85. The number of nitrogens with zero attached hydrogens (tertiary/aromatic N) is 4. The molecule has 3 rings (SSSR count). The van der Waals surface area contributed by atoms with Crippen molar-refractivity contribution in [1.82, 2.24) is 19.7 Å². The third-order valence-corrected chi connectivity index (χ3v) is 4.07. The average molecular weight is 315 g/mol. The fourth-order valence-corrected chi connectivity index (χ4v) is 2.93. The van der Waals surface area contributed by atoms with Crippen molar-refractivity contribution in [3.63, 3.8) is 0 Å². The Bertz CT molecular complexity index is 695. The number of urea groups is 1. The summed E-state index contributed by atoms with van der Waals surface area (Å²) < 4.78 is 1.77. The van der Waals surface area contributed by atoms with Gasteiger partial charge in [0.2, 0.25) is 0 Å². The number of likely N-dealkylation sites (tertiary alicyclic amines) is 1. The molecule has 1 aliphatic heterocycles. The Balaban J connectivity index is 1.70. The first-order valence-corrected chi connectivity index (χ1v) is 7.76. The molecule has 1 aliphatic rings. The van der Waals surface area contributed by atoms with Crippen LogP contribution in [0.15, 0.2) is 24.4 Å². The summed E-state index contributed by atoms with van der Waals surface area (Å²) in [4.78, 5) is 18.3. The Kier molecular flexibility index (Phi) is 4.29. The Morgan fingerprint density at radius 1 is 1.43 bits per heavy atom. The Hall–Kier alpha value is -2.41. The number of carbonyl (C=O) groups excluding carboxylic acids is 1. The number of nitrogens with one attached hydrogen (secondary N) is 1. The molecule has 122 valence electrons. The van der Waals surface area contributed by atoms with E-state index < -0.39 is 0 Å². The van der Waals surface area contributed by atoms with E-state index in [4.69, 9.17) is 0 Å². The van der Waals surface area contributed by atoms with E-state index in [1.165, 1.54) is 0 Å². The van der Waals surface area contributed by atoms with Crippen LogP contribution >= 0.6 is 0 Å². The lowest BCUT2D eigenvalue weighted by atomic mass is 10.2. The largest absolute Gasteiger partial charge is 0.394 e. The van der Waals surface area contributed by atoms with Gasteiger partial charge in [0.05, 0.1) is 30.2 Å². The van der Waals surface area contributed by atoms with Gasteiger partial charge in [-0.25, -0.2) is 14.5 Å². The molecule has 1 saturated heterocycles. The van der Waals surface area contributed by atoms with Gasteiger partial charge in [-0.1, -0.05) is 0 Å². The summed E-state index contributed by atoms with van der Waals surface area (Å²) in [6.45, 7) is 4.59. The summed E-state index contributed by atoms with van der Waals surface area (Å²) in [7, 11) is 0. The molecule has 0 aromatic carbocycles. The number of anilines is 1. The maximum atomic E-state index is 12.3. The molecule has 1 atom stereocenters. The zero-order valence-corrected chi connectivity index (χ0v) is 13.4. The number of rotatable bonds is 3. The molecule has 0 bridgehead atoms. The van der Waals surface area contributed by atoms with Crippen LogP contribution in [0.3, 0.4) is 0 Å². The number of pyridine rings is 1. The summed E-state index contributed by atoms with van der Waals surface area (Å²) in [6.07, 6.45) is 3.39. The normalized spacial score (nSPS) is 17.5. The second kappa shape index (κ2) is 6.37. The fraction of sp³-hybridized carbons (Fsp3) is 0.438. The van der Waals surface area contributed by atoms with Crippen molar-refractivity contribution in [2.45, 2.75) is 32.7 Å². The SMILES string of the molecule is Cc1cc(C)n(-c2ccc(NC(=O)N3CCC[C@@H]3CO)cn2)n1. The first-order chi connectivity index (χ1) is 11.1. The van der Waals surface area contributed by atoms with Crippen LogP contribution in [0.25, 0.3) is 5.82 Å². The van der Waals surface area contributed by atoms with Crippen LogP contribution in [0, 0.1) is 13.8 Å². The highest BCUT2D eigenvalue weighted by Gasteiger charge is 2.28. The van der Waals surface area contributed by atoms with Crippen LogP contribution in [0.5, 0.6) is 0 Å². The number of aromatic nitrogens is 3. The van der Waals surface area contributed by atoms with Gasteiger partial charge in [0.1, 0.15) is 0 Å².